The summed E-state index contributed by atoms with van der Waals surface area (Å²) >= 11 is 0. The summed E-state index contributed by atoms with van der Waals surface area (Å²) in [6.07, 6.45) is 2.16. The molecule has 5 rings (SSSR count). The number of hydrogen-bond acceptors (Lipinski definition) is 6. The van der Waals surface area contributed by atoms with Crippen LogP contribution in [0.3, 0.4) is 0 Å². The molecule has 0 unspecified atom stereocenters. The van der Waals surface area contributed by atoms with Gasteiger partial charge in [0.05, 0.1) is 32.2 Å². The summed E-state index contributed by atoms with van der Waals surface area (Å²) in [4.78, 5) is 31.0. The van der Waals surface area contributed by atoms with Crippen molar-refractivity contribution >= 4 is 10.9 Å². The normalized spacial score (nSPS) is 19.8. The minimum atomic E-state index is -0.411. The number of rotatable bonds is 6. The highest BCUT2D eigenvalue weighted by atomic mass is 16.5. The first-order chi connectivity index (χ1) is 16.0. The first-order valence-electron chi connectivity index (χ1n) is 11.3. The van der Waals surface area contributed by atoms with Gasteiger partial charge in [0.25, 0.3) is 5.56 Å². The molecule has 0 bridgehead atoms. The topological polar surface area (TPSA) is 85.8 Å². The molecule has 2 atom stereocenters. The molecule has 0 radical (unpaired) electrons. The molecular weight excluding hydrogens is 422 g/mol. The highest BCUT2D eigenvalue weighted by Crippen LogP contribution is 2.43. The molecule has 3 aromatic rings. The van der Waals surface area contributed by atoms with E-state index in [1.165, 1.54) is 29.9 Å². The fraction of sp³-hybridized carbons (Fsp3) is 0.440. The van der Waals surface area contributed by atoms with Crippen LogP contribution in [-0.2, 0) is 13.0 Å². The monoisotopic (exact) mass is 451 g/mol. The zero-order valence-corrected chi connectivity index (χ0v) is 19.2. The number of aromatic nitrogens is 2. The summed E-state index contributed by atoms with van der Waals surface area (Å²) in [6.45, 7) is 2.89. The van der Waals surface area contributed by atoms with Crippen molar-refractivity contribution < 1.29 is 14.2 Å². The Kier molecular flexibility index (Phi) is 5.62. The number of nitrogens with one attached hydrogen (secondary N) is 1. The number of ether oxygens (including phenoxy) is 3. The molecule has 2 heterocycles. The van der Waals surface area contributed by atoms with E-state index in [-0.39, 0.29) is 5.56 Å². The third-order valence-corrected chi connectivity index (χ3v) is 7.20. The van der Waals surface area contributed by atoms with E-state index in [1.807, 2.05) is 6.07 Å². The summed E-state index contributed by atoms with van der Waals surface area (Å²) < 4.78 is 17.5. The maximum Gasteiger partial charge on any atom is 0.328 e. The average Bonchev–Trinajstić information content (AvgIpc) is 3.26. The number of nitrogens with zero attached hydrogens (tertiary/aromatic N) is 2. The molecule has 33 heavy (non-hydrogen) atoms. The highest BCUT2D eigenvalue weighted by molar-refractivity contribution is 5.81. The lowest BCUT2D eigenvalue weighted by Crippen LogP contribution is -2.38. The van der Waals surface area contributed by atoms with Crippen molar-refractivity contribution in [3.63, 3.8) is 0 Å². The van der Waals surface area contributed by atoms with Gasteiger partial charge in [-0.1, -0.05) is 12.1 Å². The van der Waals surface area contributed by atoms with Gasteiger partial charge in [0.15, 0.2) is 11.5 Å². The zero-order valence-electron chi connectivity index (χ0n) is 19.2. The Bertz CT molecular complexity index is 1310. The van der Waals surface area contributed by atoms with Crippen LogP contribution < -0.4 is 25.5 Å². The molecule has 1 fully saturated rings. The Hall–Kier alpha value is -3.26. The van der Waals surface area contributed by atoms with Gasteiger partial charge in [0.1, 0.15) is 5.75 Å². The van der Waals surface area contributed by atoms with Crippen LogP contribution in [0.15, 0.2) is 39.9 Å². The number of H-pyrrole nitrogens is 1. The summed E-state index contributed by atoms with van der Waals surface area (Å²) in [5.74, 6) is 2.96. The molecular formula is C25H29N3O5. The van der Waals surface area contributed by atoms with E-state index in [1.54, 1.807) is 19.2 Å². The minimum Gasteiger partial charge on any atom is -0.496 e. The molecule has 0 saturated carbocycles. The van der Waals surface area contributed by atoms with Gasteiger partial charge in [-0.25, -0.2) is 4.79 Å². The van der Waals surface area contributed by atoms with Crippen LogP contribution in [0.25, 0.3) is 10.9 Å². The zero-order chi connectivity index (χ0) is 23.1. The molecule has 2 aromatic carbocycles. The van der Waals surface area contributed by atoms with Crippen LogP contribution in [0, 0.1) is 5.92 Å². The molecule has 1 aliphatic heterocycles. The summed E-state index contributed by atoms with van der Waals surface area (Å²) in [5.41, 5.74) is 2.42. The summed E-state index contributed by atoms with van der Waals surface area (Å²) in [6, 6.07) is 9.57. The molecule has 1 aromatic heterocycles. The highest BCUT2D eigenvalue weighted by Gasteiger charge is 2.38. The number of likely N-dealkylation sites (tertiary alicyclic amines) is 1. The van der Waals surface area contributed by atoms with E-state index in [2.05, 4.69) is 22.0 Å². The molecule has 2 aliphatic rings. The predicted molar refractivity (Wildman–Crippen MR) is 126 cm³/mol. The van der Waals surface area contributed by atoms with Crippen molar-refractivity contribution in [2.24, 2.45) is 5.92 Å². The lowest BCUT2D eigenvalue weighted by Gasteiger charge is -2.28. The number of hydrogen-bond donors (Lipinski definition) is 1. The van der Waals surface area contributed by atoms with Gasteiger partial charge >= 0.3 is 5.69 Å². The smallest absolute Gasteiger partial charge is 0.328 e. The minimum absolute atomic E-state index is 0.318. The molecule has 8 nitrogen and oxygen atoms in total. The first-order valence-corrected chi connectivity index (χ1v) is 11.3. The largest absolute Gasteiger partial charge is 0.496 e. The van der Waals surface area contributed by atoms with E-state index in [9.17, 15) is 9.59 Å². The molecule has 1 N–H and O–H groups in total. The second-order valence-corrected chi connectivity index (χ2v) is 8.83. The molecule has 0 spiro atoms. The first kappa shape index (κ1) is 21.6. The molecule has 1 aliphatic carbocycles. The maximum absolute atomic E-state index is 13.1. The van der Waals surface area contributed by atoms with Crippen LogP contribution in [0.5, 0.6) is 17.2 Å². The SMILES string of the molecule is COc1cc2[nH]c(=O)n(CCN3C[C@@H]4CCc5c(OC)cccc5[C@@H]4C3)c(=O)c2cc1OC. The van der Waals surface area contributed by atoms with Crippen molar-refractivity contribution in [1.29, 1.82) is 0 Å². The van der Waals surface area contributed by atoms with Gasteiger partial charge in [-0.2, -0.15) is 0 Å². The number of aromatic amines is 1. The molecule has 174 valence electrons. The van der Waals surface area contributed by atoms with Gasteiger partial charge in [0, 0.05) is 38.2 Å². The second kappa shape index (κ2) is 8.59. The fourth-order valence-corrected chi connectivity index (χ4v) is 5.53. The van der Waals surface area contributed by atoms with Gasteiger partial charge < -0.3 is 24.1 Å². The van der Waals surface area contributed by atoms with Gasteiger partial charge in [-0.3, -0.25) is 9.36 Å². The van der Waals surface area contributed by atoms with Gasteiger partial charge in [0.2, 0.25) is 0 Å². The number of methoxy groups -OCH3 is 3. The predicted octanol–water partition coefficient (Wildman–Crippen LogP) is 2.38. The Morgan fingerprint density at radius 1 is 0.970 bits per heavy atom. The lowest BCUT2D eigenvalue weighted by molar-refractivity contribution is 0.303. The quantitative estimate of drug-likeness (QED) is 0.619. The van der Waals surface area contributed by atoms with Crippen LogP contribution in [0.4, 0.5) is 0 Å². The standard InChI is InChI=1S/C25H29N3O5/c1-31-21-6-4-5-16-17(21)8-7-15-13-27(14-19(15)16)9-10-28-24(29)18-11-22(32-2)23(33-3)12-20(18)26-25(28)30/h4-6,11-12,15,19H,7-10,13-14H2,1-3H3,(H,26,30)/t15-,19+/m0/s1. The van der Waals surface area contributed by atoms with Crippen molar-refractivity contribution in [3.8, 4) is 17.2 Å². The summed E-state index contributed by atoms with van der Waals surface area (Å²) in [5, 5.41) is 0.406. The number of benzene rings is 2. The van der Waals surface area contributed by atoms with E-state index < -0.39 is 5.69 Å². The van der Waals surface area contributed by atoms with Crippen molar-refractivity contribution in [2.45, 2.75) is 25.3 Å². The van der Waals surface area contributed by atoms with E-state index >= 15 is 0 Å². The van der Waals surface area contributed by atoms with Gasteiger partial charge in [-0.05, 0) is 42.0 Å². The van der Waals surface area contributed by atoms with Crippen LogP contribution in [0.1, 0.15) is 23.5 Å². The average molecular weight is 452 g/mol. The summed E-state index contributed by atoms with van der Waals surface area (Å²) in [7, 11) is 4.77. The Morgan fingerprint density at radius 2 is 1.73 bits per heavy atom. The fourth-order valence-electron chi connectivity index (χ4n) is 5.53. The Labute approximate surface area is 191 Å². The van der Waals surface area contributed by atoms with Crippen molar-refractivity contribution in [3.05, 3.63) is 62.3 Å². The Balaban J connectivity index is 1.37. The molecule has 0 amide bonds. The number of fused-ring (bicyclic) bond motifs is 4. The van der Waals surface area contributed by atoms with Crippen molar-refractivity contribution in [2.75, 3.05) is 41.0 Å². The molecule has 8 heteroatoms. The van der Waals surface area contributed by atoms with E-state index in [0.29, 0.717) is 47.3 Å². The van der Waals surface area contributed by atoms with Crippen LogP contribution >= 0.6 is 0 Å². The van der Waals surface area contributed by atoms with Crippen LogP contribution in [-0.4, -0.2) is 55.4 Å². The van der Waals surface area contributed by atoms with Gasteiger partial charge in [-0.15, -0.1) is 0 Å². The second-order valence-electron chi connectivity index (χ2n) is 8.83. The van der Waals surface area contributed by atoms with E-state index in [4.69, 9.17) is 14.2 Å². The Morgan fingerprint density at radius 3 is 2.48 bits per heavy atom. The van der Waals surface area contributed by atoms with E-state index in [0.717, 1.165) is 31.7 Å². The lowest BCUT2D eigenvalue weighted by atomic mass is 9.77. The van der Waals surface area contributed by atoms with Crippen molar-refractivity contribution in [1.82, 2.24) is 14.5 Å². The third-order valence-electron chi connectivity index (χ3n) is 7.20. The molecule has 1 saturated heterocycles. The van der Waals surface area contributed by atoms with Crippen LogP contribution in [0.2, 0.25) is 0 Å². The maximum atomic E-state index is 13.1. The third kappa shape index (κ3) is 3.68.